The monoisotopic (exact) mass is 268 g/mol. The SMILES string of the molecule is CCOC(=O)CCC(C)(O)c1ccc(SC)cc1. The summed E-state index contributed by atoms with van der Waals surface area (Å²) in [5.41, 5.74) is -0.173. The van der Waals surface area contributed by atoms with Crippen LogP contribution in [0.25, 0.3) is 0 Å². The van der Waals surface area contributed by atoms with E-state index in [9.17, 15) is 9.90 Å². The number of thioether (sulfide) groups is 1. The van der Waals surface area contributed by atoms with Crippen molar-refractivity contribution < 1.29 is 14.6 Å². The van der Waals surface area contributed by atoms with E-state index in [0.717, 1.165) is 10.5 Å². The Labute approximate surface area is 113 Å². The molecule has 0 aliphatic carbocycles. The van der Waals surface area contributed by atoms with Crippen molar-refractivity contribution in [3.8, 4) is 0 Å². The quantitative estimate of drug-likeness (QED) is 0.636. The van der Waals surface area contributed by atoms with Crippen LogP contribution < -0.4 is 0 Å². The van der Waals surface area contributed by atoms with E-state index in [-0.39, 0.29) is 12.4 Å². The van der Waals surface area contributed by atoms with Crippen LogP contribution in [0, 0.1) is 0 Å². The molecule has 1 atom stereocenters. The van der Waals surface area contributed by atoms with Crippen molar-refractivity contribution in [1.82, 2.24) is 0 Å². The van der Waals surface area contributed by atoms with Crippen LogP contribution in [-0.2, 0) is 15.1 Å². The molecule has 0 spiro atoms. The molecular formula is C14H20O3S. The van der Waals surface area contributed by atoms with E-state index < -0.39 is 5.60 Å². The molecule has 0 amide bonds. The van der Waals surface area contributed by atoms with Crippen molar-refractivity contribution in [2.24, 2.45) is 0 Å². The van der Waals surface area contributed by atoms with Gasteiger partial charge in [0.1, 0.15) is 0 Å². The molecule has 100 valence electrons. The Bertz CT molecular complexity index is 385. The van der Waals surface area contributed by atoms with E-state index in [1.54, 1.807) is 25.6 Å². The molecule has 3 nitrogen and oxygen atoms in total. The Balaban J connectivity index is 2.63. The Morgan fingerprint density at radius 3 is 2.50 bits per heavy atom. The average molecular weight is 268 g/mol. The summed E-state index contributed by atoms with van der Waals surface area (Å²) < 4.78 is 4.86. The summed E-state index contributed by atoms with van der Waals surface area (Å²) in [5.74, 6) is -0.265. The zero-order valence-corrected chi connectivity index (χ0v) is 11.9. The fraction of sp³-hybridized carbons (Fsp3) is 0.500. The van der Waals surface area contributed by atoms with E-state index in [4.69, 9.17) is 4.74 Å². The summed E-state index contributed by atoms with van der Waals surface area (Å²) >= 11 is 1.66. The molecule has 1 aromatic carbocycles. The van der Waals surface area contributed by atoms with Gasteiger partial charge in [-0.1, -0.05) is 12.1 Å². The molecule has 0 bridgehead atoms. The molecule has 0 heterocycles. The van der Waals surface area contributed by atoms with Gasteiger partial charge in [-0.05, 0) is 44.2 Å². The fourth-order valence-corrected chi connectivity index (χ4v) is 2.08. The summed E-state index contributed by atoms with van der Waals surface area (Å²) in [6, 6.07) is 7.74. The van der Waals surface area contributed by atoms with Gasteiger partial charge in [0.05, 0.1) is 12.2 Å². The van der Waals surface area contributed by atoms with Gasteiger partial charge in [-0.2, -0.15) is 0 Å². The zero-order chi connectivity index (χ0) is 13.6. The molecule has 1 N–H and O–H groups in total. The van der Waals surface area contributed by atoms with E-state index >= 15 is 0 Å². The summed E-state index contributed by atoms with van der Waals surface area (Å²) in [5, 5.41) is 10.4. The first-order valence-corrected chi connectivity index (χ1v) is 7.24. The van der Waals surface area contributed by atoms with Crippen molar-refractivity contribution in [2.45, 2.75) is 37.2 Å². The van der Waals surface area contributed by atoms with Crippen molar-refractivity contribution in [3.63, 3.8) is 0 Å². The highest BCUT2D eigenvalue weighted by atomic mass is 32.2. The summed E-state index contributed by atoms with van der Waals surface area (Å²) in [6.07, 6.45) is 2.60. The molecule has 0 fully saturated rings. The lowest BCUT2D eigenvalue weighted by molar-refractivity contribution is -0.144. The molecule has 0 aliphatic rings. The maximum Gasteiger partial charge on any atom is 0.305 e. The summed E-state index contributed by atoms with van der Waals surface area (Å²) in [7, 11) is 0. The second-order valence-corrected chi connectivity index (χ2v) is 5.19. The van der Waals surface area contributed by atoms with Gasteiger partial charge in [0.15, 0.2) is 0 Å². The molecule has 1 unspecified atom stereocenters. The lowest BCUT2D eigenvalue weighted by Gasteiger charge is -2.23. The Morgan fingerprint density at radius 1 is 1.39 bits per heavy atom. The average Bonchev–Trinajstić information content (AvgIpc) is 2.37. The van der Waals surface area contributed by atoms with E-state index in [1.165, 1.54) is 0 Å². The molecule has 0 aliphatic heterocycles. The fourth-order valence-electron chi connectivity index (χ4n) is 1.67. The number of carbonyl (C=O) groups excluding carboxylic acids is 1. The molecule has 0 saturated carbocycles. The molecule has 1 aromatic rings. The van der Waals surface area contributed by atoms with Crippen LogP contribution in [0.5, 0.6) is 0 Å². The third-order valence-electron chi connectivity index (χ3n) is 2.83. The molecule has 0 aromatic heterocycles. The standard InChI is InChI=1S/C14H20O3S/c1-4-17-13(15)9-10-14(2,16)11-5-7-12(18-3)8-6-11/h5-8,16H,4,9-10H2,1-3H3. The highest BCUT2D eigenvalue weighted by molar-refractivity contribution is 7.98. The van der Waals surface area contributed by atoms with Gasteiger partial charge in [-0.3, -0.25) is 4.79 Å². The number of hydrogen-bond donors (Lipinski definition) is 1. The molecule has 0 radical (unpaired) electrons. The van der Waals surface area contributed by atoms with Gasteiger partial charge in [0, 0.05) is 11.3 Å². The maximum atomic E-state index is 11.3. The van der Waals surface area contributed by atoms with Crippen LogP contribution in [0.4, 0.5) is 0 Å². The third kappa shape index (κ3) is 4.35. The second-order valence-electron chi connectivity index (χ2n) is 4.31. The summed E-state index contributed by atoms with van der Waals surface area (Å²) in [4.78, 5) is 12.4. The lowest BCUT2D eigenvalue weighted by atomic mass is 9.91. The van der Waals surface area contributed by atoms with Crippen LogP contribution in [0.2, 0.25) is 0 Å². The Kier molecular flexibility index (Phi) is 5.69. The largest absolute Gasteiger partial charge is 0.466 e. The number of aliphatic hydroxyl groups is 1. The van der Waals surface area contributed by atoms with Gasteiger partial charge < -0.3 is 9.84 Å². The van der Waals surface area contributed by atoms with Crippen molar-refractivity contribution >= 4 is 17.7 Å². The lowest BCUT2D eigenvalue weighted by Crippen LogP contribution is -2.22. The van der Waals surface area contributed by atoms with Crippen LogP contribution >= 0.6 is 11.8 Å². The van der Waals surface area contributed by atoms with Gasteiger partial charge in [0.25, 0.3) is 0 Å². The van der Waals surface area contributed by atoms with Crippen molar-refractivity contribution in [3.05, 3.63) is 29.8 Å². The number of esters is 1. The van der Waals surface area contributed by atoms with Gasteiger partial charge in [0.2, 0.25) is 0 Å². The first-order valence-electron chi connectivity index (χ1n) is 6.02. The van der Waals surface area contributed by atoms with Crippen LogP contribution in [-0.4, -0.2) is 23.9 Å². The minimum absolute atomic E-state index is 0.227. The maximum absolute atomic E-state index is 11.3. The van der Waals surface area contributed by atoms with Crippen molar-refractivity contribution in [1.29, 1.82) is 0 Å². The number of hydrogen-bond acceptors (Lipinski definition) is 4. The first-order chi connectivity index (χ1) is 8.49. The van der Waals surface area contributed by atoms with Crippen molar-refractivity contribution in [2.75, 3.05) is 12.9 Å². The Morgan fingerprint density at radius 2 is 2.00 bits per heavy atom. The predicted molar refractivity (Wildman–Crippen MR) is 73.7 cm³/mol. The van der Waals surface area contributed by atoms with Crippen LogP contribution in [0.15, 0.2) is 29.2 Å². The molecular weight excluding hydrogens is 248 g/mol. The smallest absolute Gasteiger partial charge is 0.305 e. The molecule has 1 rings (SSSR count). The van der Waals surface area contributed by atoms with Crippen LogP contribution in [0.1, 0.15) is 32.3 Å². The van der Waals surface area contributed by atoms with E-state index in [2.05, 4.69) is 0 Å². The molecule has 4 heteroatoms. The van der Waals surface area contributed by atoms with Gasteiger partial charge in [-0.15, -0.1) is 11.8 Å². The minimum atomic E-state index is -0.996. The number of rotatable bonds is 6. The van der Waals surface area contributed by atoms with E-state index in [1.807, 2.05) is 30.5 Å². The third-order valence-corrected chi connectivity index (χ3v) is 3.58. The number of benzene rings is 1. The second kappa shape index (κ2) is 6.81. The van der Waals surface area contributed by atoms with Crippen LogP contribution in [0.3, 0.4) is 0 Å². The normalized spacial score (nSPS) is 14.0. The topological polar surface area (TPSA) is 46.5 Å². The predicted octanol–water partition coefficient (Wildman–Crippen LogP) is 2.96. The molecule has 18 heavy (non-hydrogen) atoms. The Hall–Kier alpha value is -1.00. The molecule has 0 saturated heterocycles. The number of carbonyl (C=O) groups is 1. The first kappa shape index (κ1) is 15.1. The zero-order valence-electron chi connectivity index (χ0n) is 11.1. The summed E-state index contributed by atoms with van der Waals surface area (Å²) in [6.45, 7) is 3.88. The minimum Gasteiger partial charge on any atom is -0.466 e. The number of ether oxygens (including phenoxy) is 1. The van der Waals surface area contributed by atoms with E-state index in [0.29, 0.717) is 13.0 Å². The van der Waals surface area contributed by atoms with Gasteiger partial charge >= 0.3 is 5.97 Å². The van der Waals surface area contributed by atoms with Gasteiger partial charge in [-0.25, -0.2) is 0 Å². The highest BCUT2D eigenvalue weighted by Gasteiger charge is 2.24. The highest BCUT2D eigenvalue weighted by Crippen LogP contribution is 2.27.